The van der Waals surface area contributed by atoms with E-state index in [1.54, 1.807) is 0 Å². The van der Waals surface area contributed by atoms with Crippen molar-refractivity contribution in [2.24, 2.45) is 0 Å². The number of hydrogen-bond donors (Lipinski definition) is 2. The van der Waals surface area contributed by atoms with Crippen LogP contribution in [0, 0.1) is 0 Å². The third-order valence-electron chi connectivity index (χ3n) is 6.70. The summed E-state index contributed by atoms with van der Waals surface area (Å²) in [5, 5.41) is 7.10. The number of fused-ring (bicyclic) bond motifs is 4. The fourth-order valence-electron chi connectivity index (χ4n) is 4.81. The van der Waals surface area contributed by atoms with Gasteiger partial charge in [-0.25, -0.2) is 4.98 Å². The molecule has 0 unspecified atom stereocenters. The number of carbonyl (C=O) groups excluding carboxylic acids is 1. The highest BCUT2D eigenvalue weighted by Gasteiger charge is 2.29. The molecular weight excluding hydrogens is 499 g/mol. The van der Waals surface area contributed by atoms with Crippen LogP contribution >= 0.6 is 0 Å². The molecular formula is C32H22F3N3O. The van der Waals surface area contributed by atoms with Crippen molar-refractivity contribution in [3.63, 3.8) is 0 Å². The van der Waals surface area contributed by atoms with Crippen LogP contribution in [-0.4, -0.2) is 15.9 Å². The average molecular weight is 522 g/mol. The summed E-state index contributed by atoms with van der Waals surface area (Å²) in [5.41, 5.74) is 4.15. The van der Waals surface area contributed by atoms with E-state index in [2.05, 4.69) is 34.6 Å². The minimum Gasteiger partial charge on any atom is -0.353 e. The molecule has 0 atom stereocenters. The molecule has 0 aliphatic rings. The first kappa shape index (κ1) is 24.4. The summed E-state index contributed by atoms with van der Waals surface area (Å²) >= 11 is 0. The summed E-state index contributed by atoms with van der Waals surface area (Å²) in [6.45, 7) is 0.184. The quantitative estimate of drug-likeness (QED) is 0.227. The summed E-state index contributed by atoms with van der Waals surface area (Å²) < 4.78 is 38.3. The molecule has 7 heteroatoms. The van der Waals surface area contributed by atoms with E-state index >= 15 is 0 Å². The fourth-order valence-corrected chi connectivity index (χ4v) is 4.81. The van der Waals surface area contributed by atoms with Gasteiger partial charge in [-0.3, -0.25) is 4.79 Å². The van der Waals surface area contributed by atoms with Crippen molar-refractivity contribution >= 4 is 44.6 Å². The van der Waals surface area contributed by atoms with Crippen LogP contribution in [-0.2, 0) is 17.5 Å². The second-order valence-electron chi connectivity index (χ2n) is 9.25. The highest BCUT2D eigenvalue weighted by molar-refractivity contribution is 6.13. The number of hydrogen-bond acceptors (Lipinski definition) is 2. The highest BCUT2D eigenvalue weighted by Crippen LogP contribution is 2.36. The summed E-state index contributed by atoms with van der Waals surface area (Å²) in [6.07, 6.45) is -1.62. The SMILES string of the molecule is O=C(/C=C/c1ccc(C(F)(F)F)cc1)NCc1cc2c([nH]c3ccccc32)c(-c2cccc3ccccc23)n1. The second kappa shape index (κ2) is 9.76. The zero-order valence-electron chi connectivity index (χ0n) is 20.6. The van der Waals surface area contributed by atoms with E-state index in [1.165, 1.54) is 24.3 Å². The summed E-state index contributed by atoms with van der Waals surface area (Å²) in [5.74, 6) is -0.373. The first-order valence-electron chi connectivity index (χ1n) is 12.4. The maximum absolute atomic E-state index is 12.8. The highest BCUT2D eigenvalue weighted by atomic mass is 19.4. The number of para-hydroxylation sites is 1. The van der Waals surface area contributed by atoms with Crippen molar-refractivity contribution < 1.29 is 18.0 Å². The summed E-state index contributed by atoms with van der Waals surface area (Å²) in [4.78, 5) is 21.0. The van der Waals surface area contributed by atoms with Gasteiger partial charge in [-0.05, 0) is 46.7 Å². The largest absolute Gasteiger partial charge is 0.416 e. The average Bonchev–Trinajstić information content (AvgIpc) is 3.33. The lowest BCUT2D eigenvalue weighted by molar-refractivity contribution is -0.137. The van der Waals surface area contributed by atoms with E-state index in [-0.39, 0.29) is 12.5 Å². The van der Waals surface area contributed by atoms with Crippen molar-refractivity contribution in [2.45, 2.75) is 12.7 Å². The van der Waals surface area contributed by atoms with Crippen molar-refractivity contribution in [2.75, 3.05) is 0 Å². The number of nitrogens with zero attached hydrogens (tertiary/aromatic N) is 1. The number of alkyl halides is 3. The Hall–Kier alpha value is -4.91. The number of halogens is 3. The topological polar surface area (TPSA) is 57.8 Å². The van der Waals surface area contributed by atoms with Gasteiger partial charge in [-0.2, -0.15) is 13.2 Å². The Kier molecular flexibility index (Phi) is 6.11. The molecule has 6 aromatic rings. The minimum absolute atomic E-state index is 0.184. The van der Waals surface area contributed by atoms with E-state index in [0.717, 1.165) is 56.0 Å². The molecule has 2 heterocycles. The third kappa shape index (κ3) is 4.86. The van der Waals surface area contributed by atoms with Gasteiger partial charge in [0.25, 0.3) is 0 Å². The Morgan fingerprint density at radius 1 is 0.846 bits per heavy atom. The van der Waals surface area contributed by atoms with E-state index < -0.39 is 11.7 Å². The Balaban J connectivity index is 1.32. The number of aromatic nitrogens is 2. The molecule has 4 nitrogen and oxygen atoms in total. The van der Waals surface area contributed by atoms with Crippen LogP contribution < -0.4 is 5.32 Å². The van der Waals surface area contributed by atoms with Crippen LogP contribution in [0.1, 0.15) is 16.8 Å². The van der Waals surface area contributed by atoms with E-state index in [4.69, 9.17) is 4.98 Å². The van der Waals surface area contributed by atoms with Crippen LogP contribution in [0.5, 0.6) is 0 Å². The lowest BCUT2D eigenvalue weighted by Crippen LogP contribution is -2.21. The fraction of sp³-hybridized carbons (Fsp3) is 0.0625. The third-order valence-corrected chi connectivity index (χ3v) is 6.70. The predicted molar refractivity (Wildman–Crippen MR) is 149 cm³/mol. The molecule has 0 bridgehead atoms. The molecule has 0 aliphatic heterocycles. The molecule has 0 spiro atoms. The van der Waals surface area contributed by atoms with Crippen molar-refractivity contribution in [3.05, 3.63) is 120 Å². The number of nitrogens with one attached hydrogen (secondary N) is 2. The minimum atomic E-state index is -4.40. The van der Waals surface area contributed by atoms with E-state index in [1.807, 2.05) is 48.5 Å². The van der Waals surface area contributed by atoms with Gasteiger partial charge in [0.2, 0.25) is 5.91 Å². The van der Waals surface area contributed by atoms with Crippen LogP contribution in [0.15, 0.2) is 103 Å². The zero-order valence-corrected chi connectivity index (χ0v) is 20.6. The number of benzene rings is 4. The lowest BCUT2D eigenvalue weighted by atomic mass is 10.00. The number of pyridine rings is 1. The van der Waals surface area contributed by atoms with Crippen LogP contribution in [0.4, 0.5) is 13.2 Å². The molecule has 0 fully saturated rings. The van der Waals surface area contributed by atoms with Crippen molar-refractivity contribution in [3.8, 4) is 11.3 Å². The number of rotatable bonds is 5. The number of aromatic amines is 1. The number of H-pyrrole nitrogens is 1. The van der Waals surface area contributed by atoms with Gasteiger partial charge in [0.05, 0.1) is 29.0 Å². The first-order chi connectivity index (χ1) is 18.9. The predicted octanol–water partition coefficient (Wildman–Crippen LogP) is 7.88. The molecule has 0 radical (unpaired) electrons. The van der Waals surface area contributed by atoms with E-state index in [0.29, 0.717) is 11.3 Å². The molecule has 6 rings (SSSR count). The Bertz CT molecular complexity index is 1860. The molecule has 39 heavy (non-hydrogen) atoms. The van der Waals surface area contributed by atoms with Gasteiger partial charge in [0, 0.05) is 27.9 Å². The Labute approximate surface area is 221 Å². The smallest absolute Gasteiger partial charge is 0.353 e. The standard InChI is InChI=1S/C32H22F3N3O/c33-32(34,35)22-15-12-20(13-16-22)14-17-29(39)36-19-23-18-27-25-9-3-4-11-28(25)38-31(27)30(37-23)26-10-5-7-21-6-1-2-8-24(21)26/h1-18,38H,19H2,(H,36,39)/b17-14+. The Morgan fingerprint density at radius 2 is 1.56 bits per heavy atom. The summed E-state index contributed by atoms with van der Waals surface area (Å²) in [7, 11) is 0. The van der Waals surface area contributed by atoms with Crippen LogP contribution in [0.25, 0.3) is 49.9 Å². The molecule has 4 aromatic carbocycles. The van der Waals surface area contributed by atoms with Crippen LogP contribution in [0.3, 0.4) is 0 Å². The zero-order chi connectivity index (χ0) is 27.0. The lowest BCUT2D eigenvalue weighted by Gasteiger charge is -2.11. The molecule has 0 saturated carbocycles. The van der Waals surface area contributed by atoms with Gasteiger partial charge in [0.15, 0.2) is 0 Å². The maximum atomic E-state index is 12.8. The van der Waals surface area contributed by atoms with Gasteiger partial charge >= 0.3 is 6.18 Å². The van der Waals surface area contributed by atoms with Crippen LogP contribution in [0.2, 0.25) is 0 Å². The monoisotopic (exact) mass is 521 g/mol. The summed E-state index contributed by atoms with van der Waals surface area (Å²) in [6, 6.07) is 28.9. The molecule has 1 amide bonds. The number of amides is 1. The van der Waals surface area contributed by atoms with Crippen molar-refractivity contribution in [1.29, 1.82) is 0 Å². The molecule has 0 aliphatic carbocycles. The molecule has 192 valence electrons. The molecule has 2 aromatic heterocycles. The molecule has 2 N–H and O–H groups in total. The first-order valence-corrected chi connectivity index (χ1v) is 12.4. The molecule has 0 saturated heterocycles. The maximum Gasteiger partial charge on any atom is 0.416 e. The van der Waals surface area contributed by atoms with Gasteiger partial charge in [-0.1, -0.05) is 72.8 Å². The van der Waals surface area contributed by atoms with E-state index in [9.17, 15) is 18.0 Å². The second-order valence-corrected chi connectivity index (χ2v) is 9.25. The Morgan fingerprint density at radius 3 is 2.36 bits per heavy atom. The normalized spacial score (nSPS) is 12.1. The van der Waals surface area contributed by atoms with Gasteiger partial charge < -0.3 is 10.3 Å². The van der Waals surface area contributed by atoms with Crippen molar-refractivity contribution in [1.82, 2.24) is 15.3 Å². The number of carbonyl (C=O) groups is 1. The van der Waals surface area contributed by atoms with Gasteiger partial charge in [0.1, 0.15) is 0 Å². The van der Waals surface area contributed by atoms with Gasteiger partial charge in [-0.15, -0.1) is 0 Å².